The SMILES string of the molecule is O=C(c1cccc2ncccc12)N1CCC(CBr)CC1. The first-order valence-electron chi connectivity index (χ1n) is 6.98. The van der Waals surface area contributed by atoms with Gasteiger partial charge in [-0.15, -0.1) is 0 Å². The number of hydrogen-bond acceptors (Lipinski definition) is 2. The number of fused-ring (bicyclic) bond motifs is 1. The number of likely N-dealkylation sites (tertiary alicyclic amines) is 1. The number of hydrogen-bond donors (Lipinski definition) is 0. The van der Waals surface area contributed by atoms with E-state index in [-0.39, 0.29) is 5.91 Å². The molecular weight excluding hydrogens is 316 g/mol. The second-order valence-corrected chi connectivity index (χ2v) is 5.91. The topological polar surface area (TPSA) is 33.2 Å². The van der Waals surface area contributed by atoms with Gasteiger partial charge in [-0.2, -0.15) is 0 Å². The summed E-state index contributed by atoms with van der Waals surface area (Å²) in [6, 6.07) is 9.62. The molecule has 0 saturated carbocycles. The molecule has 3 rings (SSSR count). The largest absolute Gasteiger partial charge is 0.339 e. The minimum Gasteiger partial charge on any atom is -0.339 e. The van der Waals surface area contributed by atoms with E-state index in [4.69, 9.17) is 0 Å². The molecule has 0 radical (unpaired) electrons. The van der Waals surface area contributed by atoms with E-state index in [0.29, 0.717) is 5.92 Å². The molecule has 1 aromatic heterocycles. The molecule has 2 heterocycles. The summed E-state index contributed by atoms with van der Waals surface area (Å²) < 4.78 is 0. The molecule has 0 N–H and O–H groups in total. The minimum absolute atomic E-state index is 0.136. The molecular formula is C16H17BrN2O. The number of amides is 1. The third-order valence-corrected chi connectivity index (χ3v) is 4.91. The van der Waals surface area contributed by atoms with E-state index in [1.165, 1.54) is 0 Å². The van der Waals surface area contributed by atoms with Crippen LogP contribution in [0.3, 0.4) is 0 Å². The Morgan fingerprint density at radius 3 is 2.80 bits per heavy atom. The van der Waals surface area contributed by atoms with E-state index in [1.807, 2.05) is 35.2 Å². The van der Waals surface area contributed by atoms with E-state index < -0.39 is 0 Å². The fourth-order valence-corrected chi connectivity index (χ4v) is 3.40. The molecule has 1 fully saturated rings. The summed E-state index contributed by atoms with van der Waals surface area (Å²) in [5.41, 5.74) is 1.65. The number of pyridine rings is 1. The first kappa shape index (κ1) is 13.6. The van der Waals surface area contributed by atoms with Crippen molar-refractivity contribution in [3.63, 3.8) is 0 Å². The lowest BCUT2D eigenvalue weighted by Gasteiger charge is -2.31. The third kappa shape index (κ3) is 2.57. The molecule has 1 aliphatic rings. The fourth-order valence-electron chi connectivity index (χ4n) is 2.75. The predicted octanol–water partition coefficient (Wildman–Crippen LogP) is 3.48. The van der Waals surface area contributed by atoms with Crippen molar-refractivity contribution in [2.24, 2.45) is 5.92 Å². The molecule has 104 valence electrons. The Morgan fingerprint density at radius 1 is 1.25 bits per heavy atom. The van der Waals surface area contributed by atoms with Crippen molar-refractivity contribution >= 4 is 32.7 Å². The number of nitrogens with zero attached hydrogens (tertiary/aromatic N) is 2. The van der Waals surface area contributed by atoms with E-state index in [1.54, 1.807) is 6.20 Å². The number of carbonyl (C=O) groups is 1. The average Bonchev–Trinajstić information content (AvgIpc) is 2.54. The standard InChI is InChI=1S/C16H17BrN2O/c17-11-12-6-9-19(10-7-12)16(20)14-3-1-5-15-13(14)4-2-8-18-15/h1-5,8,12H,6-7,9-11H2. The van der Waals surface area contributed by atoms with Gasteiger partial charge in [0.1, 0.15) is 0 Å². The van der Waals surface area contributed by atoms with Crippen LogP contribution < -0.4 is 0 Å². The van der Waals surface area contributed by atoms with Gasteiger partial charge in [0, 0.05) is 35.6 Å². The normalized spacial score (nSPS) is 16.6. The first-order chi connectivity index (χ1) is 9.79. The number of piperidine rings is 1. The Balaban J connectivity index is 1.86. The van der Waals surface area contributed by atoms with Gasteiger partial charge in [-0.3, -0.25) is 9.78 Å². The zero-order chi connectivity index (χ0) is 13.9. The number of carbonyl (C=O) groups excluding carboxylic acids is 1. The monoisotopic (exact) mass is 332 g/mol. The molecule has 4 heteroatoms. The molecule has 20 heavy (non-hydrogen) atoms. The average molecular weight is 333 g/mol. The summed E-state index contributed by atoms with van der Waals surface area (Å²) in [7, 11) is 0. The number of alkyl halides is 1. The van der Waals surface area contributed by atoms with Gasteiger partial charge in [0.25, 0.3) is 5.91 Å². The van der Waals surface area contributed by atoms with Crippen LogP contribution in [0.1, 0.15) is 23.2 Å². The summed E-state index contributed by atoms with van der Waals surface area (Å²) in [5, 5.41) is 1.98. The molecule has 1 amide bonds. The smallest absolute Gasteiger partial charge is 0.254 e. The Morgan fingerprint density at radius 2 is 2.05 bits per heavy atom. The summed E-state index contributed by atoms with van der Waals surface area (Å²) in [6.45, 7) is 1.71. The van der Waals surface area contributed by atoms with Crippen LogP contribution in [0, 0.1) is 5.92 Å². The first-order valence-corrected chi connectivity index (χ1v) is 8.10. The van der Waals surface area contributed by atoms with Crippen molar-refractivity contribution in [1.29, 1.82) is 0 Å². The van der Waals surface area contributed by atoms with Crippen molar-refractivity contribution in [1.82, 2.24) is 9.88 Å². The molecule has 1 aromatic carbocycles. The van der Waals surface area contributed by atoms with Crippen molar-refractivity contribution in [3.05, 3.63) is 42.1 Å². The molecule has 2 aromatic rings. The van der Waals surface area contributed by atoms with Crippen molar-refractivity contribution in [2.45, 2.75) is 12.8 Å². The van der Waals surface area contributed by atoms with Gasteiger partial charge in [0.05, 0.1) is 5.52 Å². The molecule has 1 saturated heterocycles. The molecule has 0 bridgehead atoms. The zero-order valence-electron chi connectivity index (χ0n) is 11.3. The highest BCUT2D eigenvalue weighted by atomic mass is 79.9. The summed E-state index contributed by atoms with van der Waals surface area (Å²) in [5.74, 6) is 0.838. The van der Waals surface area contributed by atoms with Gasteiger partial charge in [0.2, 0.25) is 0 Å². The lowest BCUT2D eigenvalue weighted by Crippen LogP contribution is -2.38. The summed E-state index contributed by atoms with van der Waals surface area (Å²) in [4.78, 5) is 19.0. The maximum atomic E-state index is 12.7. The van der Waals surface area contributed by atoms with E-state index in [0.717, 1.165) is 47.7 Å². The van der Waals surface area contributed by atoms with Crippen LogP contribution in [0.25, 0.3) is 10.9 Å². The summed E-state index contributed by atoms with van der Waals surface area (Å²) >= 11 is 3.53. The molecule has 0 aliphatic carbocycles. The number of rotatable bonds is 2. The van der Waals surface area contributed by atoms with Gasteiger partial charge < -0.3 is 4.90 Å². The van der Waals surface area contributed by atoms with Crippen LogP contribution in [0.2, 0.25) is 0 Å². The highest BCUT2D eigenvalue weighted by molar-refractivity contribution is 9.09. The third-order valence-electron chi connectivity index (χ3n) is 4.00. The van der Waals surface area contributed by atoms with Crippen molar-refractivity contribution in [2.75, 3.05) is 18.4 Å². The second-order valence-electron chi connectivity index (χ2n) is 5.27. The van der Waals surface area contributed by atoms with Crippen LogP contribution in [-0.4, -0.2) is 34.2 Å². The Kier molecular flexibility index (Phi) is 4.01. The van der Waals surface area contributed by atoms with Crippen molar-refractivity contribution < 1.29 is 4.79 Å². The van der Waals surface area contributed by atoms with Crippen LogP contribution in [0.4, 0.5) is 0 Å². The molecule has 0 atom stereocenters. The molecule has 3 nitrogen and oxygen atoms in total. The van der Waals surface area contributed by atoms with Crippen LogP contribution in [0.5, 0.6) is 0 Å². The van der Waals surface area contributed by atoms with Gasteiger partial charge in [-0.1, -0.05) is 28.1 Å². The Bertz CT molecular complexity index is 615. The molecule has 0 unspecified atom stereocenters. The second kappa shape index (κ2) is 5.92. The van der Waals surface area contributed by atoms with Gasteiger partial charge in [-0.05, 0) is 37.0 Å². The van der Waals surface area contributed by atoms with Crippen LogP contribution >= 0.6 is 15.9 Å². The maximum absolute atomic E-state index is 12.7. The van der Waals surface area contributed by atoms with Crippen LogP contribution in [-0.2, 0) is 0 Å². The number of aromatic nitrogens is 1. The zero-order valence-corrected chi connectivity index (χ0v) is 12.8. The lowest BCUT2D eigenvalue weighted by atomic mass is 9.98. The van der Waals surface area contributed by atoms with Crippen LogP contribution in [0.15, 0.2) is 36.5 Å². The lowest BCUT2D eigenvalue weighted by molar-refractivity contribution is 0.0701. The van der Waals surface area contributed by atoms with E-state index in [9.17, 15) is 4.79 Å². The van der Waals surface area contributed by atoms with Gasteiger partial charge in [-0.25, -0.2) is 0 Å². The number of benzene rings is 1. The minimum atomic E-state index is 0.136. The molecule has 1 aliphatic heterocycles. The van der Waals surface area contributed by atoms with Gasteiger partial charge >= 0.3 is 0 Å². The maximum Gasteiger partial charge on any atom is 0.254 e. The Labute approximate surface area is 127 Å². The summed E-state index contributed by atoms with van der Waals surface area (Å²) in [6.07, 6.45) is 3.93. The predicted molar refractivity (Wildman–Crippen MR) is 84.2 cm³/mol. The highest BCUT2D eigenvalue weighted by Gasteiger charge is 2.23. The quantitative estimate of drug-likeness (QED) is 0.789. The van der Waals surface area contributed by atoms with Crippen molar-refractivity contribution in [3.8, 4) is 0 Å². The Hall–Kier alpha value is -1.42. The van der Waals surface area contributed by atoms with E-state index >= 15 is 0 Å². The molecule has 0 spiro atoms. The fraction of sp³-hybridized carbons (Fsp3) is 0.375. The van der Waals surface area contributed by atoms with Gasteiger partial charge in [0.15, 0.2) is 0 Å². The van der Waals surface area contributed by atoms with E-state index in [2.05, 4.69) is 20.9 Å². The number of halogens is 1. The highest BCUT2D eigenvalue weighted by Crippen LogP contribution is 2.23.